The molecule has 0 saturated heterocycles. The predicted molar refractivity (Wildman–Crippen MR) is 125 cm³/mol. The molecule has 0 bridgehead atoms. The molecule has 2 N–H and O–H groups in total. The number of allylic oxidation sites excluding steroid dienone is 4. The maximum atomic E-state index is 13.1. The number of fused-ring (bicyclic) bond motifs is 5. The standard InChI is InChI=1S/C28H36O5/c1-16-15-23(33-24(30)17(16)2)27(5,31)21-12-14-28(32)20-10-9-18-7-6-8-22(29)26(18,4)19(20)11-13-25(21,28)3/h6,8-9,12,19-20,23,31-32H,7,10-11,13-15H2,1-5H3/t19-,20-,23-,25-,26+,27-,28-/m1/s1. The van der Waals surface area contributed by atoms with Crippen molar-refractivity contribution in [3.8, 4) is 0 Å². The highest BCUT2D eigenvalue weighted by molar-refractivity contribution is 5.98. The molecule has 0 radical (unpaired) electrons. The molecule has 5 heteroatoms. The van der Waals surface area contributed by atoms with Crippen LogP contribution in [-0.2, 0) is 14.3 Å². The van der Waals surface area contributed by atoms with Gasteiger partial charge in [-0.3, -0.25) is 4.79 Å². The molecule has 5 nitrogen and oxygen atoms in total. The van der Waals surface area contributed by atoms with E-state index < -0.39 is 28.1 Å². The van der Waals surface area contributed by atoms with Crippen molar-refractivity contribution < 1.29 is 24.5 Å². The Labute approximate surface area is 196 Å². The van der Waals surface area contributed by atoms with Gasteiger partial charge in [0.05, 0.1) is 11.0 Å². The molecule has 0 spiro atoms. The number of rotatable bonds is 2. The fraction of sp³-hybridized carbons (Fsp3) is 0.643. The molecule has 1 aliphatic heterocycles. The lowest BCUT2D eigenvalue weighted by atomic mass is 9.45. The number of cyclic esters (lactones) is 1. The zero-order chi connectivity index (χ0) is 24.0. The molecule has 0 unspecified atom stereocenters. The van der Waals surface area contributed by atoms with Gasteiger partial charge in [-0.2, -0.15) is 0 Å². The van der Waals surface area contributed by atoms with E-state index in [1.54, 1.807) is 19.9 Å². The van der Waals surface area contributed by atoms with E-state index >= 15 is 0 Å². The topological polar surface area (TPSA) is 83.8 Å². The molecule has 1 saturated carbocycles. The monoisotopic (exact) mass is 452 g/mol. The van der Waals surface area contributed by atoms with Crippen LogP contribution >= 0.6 is 0 Å². The maximum absolute atomic E-state index is 13.1. The van der Waals surface area contributed by atoms with Gasteiger partial charge in [0.25, 0.3) is 0 Å². The molecule has 178 valence electrons. The van der Waals surface area contributed by atoms with E-state index in [9.17, 15) is 19.8 Å². The van der Waals surface area contributed by atoms with Gasteiger partial charge in [0.2, 0.25) is 0 Å². The van der Waals surface area contributed by atoms with Gasteiger partial charge in [-0.25, -0.2) is 4.79 Å². The lowest BCUT2D eigenvalue weighted by Crippen LogP contribution is -2.63. The summed E-state index contributed by atoms with van der Waals surface area (Å²) >= 11 is 0. The highest BCUT2D eigenvalue weighted by Gasteiger charge is 2.67. The van der Waals surface area contributed by atoms with Crippen molar-refractivity contribution in [1.29, 1.82) is 0 Å². The Balaban J connectivity index is 1.50. The number of carbonyl (C=O) groups is 2. The largest absolute Gasteiger partial charge is 0.455 e. The highest BCUT2D eigenvalue weighted by atomic mass is 16.6. The third-order valence-corrected chi connectivity index (χ3v) is 10.2. The molecule has 33 heavy (non-hydrogen) atoms. The van der Waals surface area contributed by atoms with Crippen LogP contribution in [0.1, 0.15) is 73.1 Å². The normalized spacial score (nSPS) is 44.3. The van der Waals surface area contributed by atoms with Crippen molar-refractivity contribution in [3.05, 3.63) is 46.6 Å². The predicted octanol–water partition coefficient (Wildman–Crippen LogP) is 4.35. The summed E-state index contributed by atoms with van der Waals surface area (Å²) in [4.78, 5) is 25.5. The molecular weight excluding hydrogens is 416 g/mol. The summed E-state index contributed by atoms with van der Waals surface area (Å²) in [5, 5.41) is 24.1. The molecule has 5 aliphatic rings. The van der Waals surface area contributed by atoms with E-state index in [1.807, 2.05) is 19.1 Å². The summed E-state index contributed by atoms with van der Waals surface area (Å²) in [5.74, 6) is -0.228. The van der Waals surface area contributed by atoms with Crippen molar-refractivity contribution in [2.24, 2.45) is 22.7 Å². The van der Waals surface area contributed by atoms with Crippen LogP contribution in [0.15, 0.2) is 46.6 Å². The van der Waals surface area contributed by atoms with Gasteiger partial charge >= 0.3 is 5.97 Å². The number of aliphatic hydroxyl groups is 2. The van der Waals surface area contributed by atoms with Crippen molar-refractivity contribution >= 4 is 11.8 Å². The third-order valence-electron chi connectivity index (χ3n) is 10.2. The SMILES string of the molecule is CC1=C(C)C(=O)O[C@@H]([C@](C)(O)C2=CC[C@@]3(O)[C@@H]4CC=C5CC=CC(=O)[C@]5(C)[C@@H]4CC[C@]23C)C1. The molecule has 1 heterocycles. The smallest absolute Gasteiger partial charge is 0.334 e. The summed E-state index contributed by atoms with van der Waals surface area (Å²) in [6.07, 6.45) is 11.1. The van der Waals surface area contributed by atoms with E-state index in [0.29, 0.717) is 24.8 Å². The fourth-order valence-corrected chi connectivity index (χ4v) is 7.82. The molecule has 0 aromatic carbocycles. The first-order valence-corrected chi connectivity index (χ1v) is 12.3. The lowest BCUT2D eigenvalue weighted by Gasteiger charge is -2.60. The van der Waals surface area contributed by atoms with Crippen LogP contribution < -0.4 is 0 Å². The average molecular weight is 453 g/mol. The Bertz CT molecular complexity index is 1060. The number of ketones is 1. The second-order valence-corrected chi connectivity index (χ2v) is 11.6. The lowest BCUT2D eigenvalue weighted by molar-refractivity contribution is -0.177. The number of hydrogen-bond donors (Lipinski definition) is 2. The summed E-state index contributed by atoms with van der Waals surface area (Å²) < 4.78 is 5.68. The van der Waals surface area contributed by atoms with E-state index in [2.05, 4.69) is 19.9 Å². The minimum Gasteiger partial charge on any atom is -0.455 e. The van der Waals surface area contributed by atoms with Crippen LogP contribution in [0.25, 0.3) is 0 Å². The first-order chi connectivity index (χ1) is 15.4. The number of hydrogen-bond acceptors (Lipinski definition) is 5. The molecule has 0 amide bonds. The van der Waals surface area contributed by atoms with Crippen LogP contribution in [-0.4, -0.2) is 39.3 Å². The van der Waals surface area contributed by atoms with Gasteiger partial charge in [0.15, 0.2) is 5.78 Å². The molecule has 7 atom stereocenters. The van der Waals surface area contributed by atoms with E-state index in [0.717, 1.165) is 30.4 Å². The van der Waals surface area contributed by atoms with Gasteiger partial charge in [-0.1, -0.05) is 36.3 Å². The van der Waals surface area contributed by atoms with Crippen LogP contribution in [0.3, 0.4) is 0 Å². The first kappa shape index (κ1) is 22.8. The van der Waals surface area contributed by atoms with Gasteiger partial charge in [-0.15, -0.1) is 0 Å². The molecule has 1 fully saturated rings. The summed E-state index contributed by atoms with van der Waals surface area (Å²) in [7, 11) is 0. The van der Waals surface area contributed by atoms with Crippen molar-refractivity contribution in [1.82, 2.24) is 0 Å². The van der Waals surface area contributed by atoms with Crippen LogP contribution in [0.4, 0.5) is 0 Å². The quantitative estimate of drug-likeness (QED) is 0.481. The van der Waals surface area contributed by atoms with Gasteiger partial charge in [0.1, 0.15) is 11.7 Å². The number of ether oxygens (including phenoxy) is 1. The van der Waals surface area contributed by atoms with Gasteiger partial charge in [0, 0.05) is 17.4 Å². The zero-order valence-corrected chi connectivity index (χ0v) is 20.4. The second-order valence-electron chi connectivity index (χ2n) is 11.6. The van der Waals surface area contributed by atoms with Crippen molar-refractivity contribution in [2.45, 2.75) is 90.4 Å². The summed E-state index contributed by atoms with van der Waals surface area (Å²) in [6.45, 7) is 9.51. The Morgan fingerprint density at radius 2 is 1.88 bits per heavy atom. The number of esters is 1. The maximum Gasteiger partial charge on any atom is 0.334 e. The van der Waals surface area contributed by atoms with Gasteiger partial charge in [-0.05, 0) is 83.3 Å². The van der Waals surface area contributed by atoms with E-state index in [1.165, 1.54) is 5.57 Å². The highest BCUT2D eigenvalue weighted by Crippen LogP contribution is 2.67. The minimum absolute atomic E-state index is 0.0669. The van der Waals surface area contributed by atoms with Crippen LogP contribution in [0.2, 0.25) is 0 Å². The average Bonchev–Trinajstić information content (AvgIpc) is 3.04. The minimum atomic E-state index is -1.38. The van der Waals surface area contributed by atoms with Crippen molar-refractivity contribution in [2.75, 3.05) is 0 Å². The summed E-state index contributed by atoms with van der Waals surface area (Å²) in [6, 6.07) is 0. The molecule has 0 aromatic rings. The zero-order valence-electron chi connectivity index (χ0n) is 20.4. The fourth-order valence-electron chi connectivity index (χ4n) is 7.82. The Morgan fingerprint density at radius 3 is 2.58 bits per heavy atom. The second kappa shape index (κ2) is 7.02. The molecule has 5 rings (SSSR count). The first-order valence-electron chi connectivity index (χ1n) is 12.3. The molecule has 4 aliphatic carbocycles. The van der Waals surface area contributed by atoms with Crippen molar-refractivity contribution in [3.63, 3.8) is 0 Å². The third kappa shape index (κ3) is 2.78. The Morgan fingerprint density at radius 1 is 1.15 bits per heavy atom. The summed E-state index contributed by atoms with van der Waals surface area (Å²) in [5.41, 5.74) is -0.143. The Hall–Kier alpha value is -1.98. The van der Waals surface area contributed by atoms with Gasteiger partial charge < -0.3 is 14.9 Å². The Kier molecular flexibility index (Phi) is 4.85. The van der Waals surface area contributed by atoms with Crippen LogP contribution in [0.5, 0.6) is 0 Å². The number of carbonyl (C=O) groups excluding carboxylic acids is 2. The van der Waals surface area contributed by atoms with Crippen LogP contribution in [0, 0.1) is 22.7 Å². The molecule has 0 aromatic heterocycles. The molecular formula is C28H36O5. The van der Waals surface area contributed by atoms with E-state index in [4.69, 9.17) is 4.74 Å². The van der Waals surface area contributed by atoms with E-state index in [-0.39, 0.29) is 23.6 Å².